The van der Waals surface area contributed by atoms with Gasteiger partial charge in [0.25, 0.3) is 0 Å². The second-order valence-electron chi connectivity index (χ2n) is 9.61. The summed E-state index contributed by atoms with van der Waals surface area (Å²) in [6.45, 7) is 7.03. The average Bonchev–Trinajstić information content (AvgIpc) is 3.27. The first-order valence-corrected chi connectivity index (χ1v) is 12.9. The van der Waals surface area contributed by atoms with Crippen LogP contribution in [0.2, 0.25) is 0 Å². The second-order valence-corrected chi connectivity index (χ2v) is 9.61. The van der Waals surface area contributed by atoms with E-state index < -0.39 is 11.9 Å². The summed E-state index contributed by atoms with van der Waals surface area (Å²) >= 11 is 0. The maximum atomic E-state index is 15.2. The zero-order valence-corrected chi connectivity index (χ0v) is 22.9. The van der Waals surface area contributed by atoms with Crippen LogP contribution in [0.15, 0.2) is 22.7 Å². The van der Waals surface area contributed by atoms with Crippen LogP contribution in [0.4, 0.5) is 15.0 Å². The molecule has 1 atom stereocenters. The van der Waals surface area contributed by atoms with Crippen molar-refractivity contribution in [1.82, 2.24) is 25.3 Å². The van der Waals surface area contributed by atoms with Gasteiger partial charge in [-0.05, 0) is 58.9 Å². The summed E-state index contributed by atoms with van der Waals surface area (Å²) in [6, 6.07) is 4.37. The van der Waals surface area contributed by atoms with E-state index in [9.17, 15) is 9.90 Å². The maximum absolute atomic E-state index is 15.2. The normalized spacial score (nSPS) is 14.8. The molecule has 1 saturated heterocycles. The predicted molar refractivity (Wildman–Crippen MR) is 143 cm³/mol. The summed E-state index contributed by atoms with van der Waals surface area (Å²) in [5.74, 6) is 1.19. The molecule has 4 rings (SSSR count). The van der Waals surface area contributed by atoms with Gasteiger partial charge in [0.1, 0.15) is 35.9 Å². The van der Waals surface area contributed by atoms with Crippen LogP contribution >= 0.6 is 0 Å². The number of likely N-dealkylation sites (tertiary alicyclic amines) is 1. The van der Waals surface area contributed by atoms with Gasteiger partial charge < -0.3 is 34.6 Å². The molecule has 0 saturated carbocycles. The smallest absolute Gasteiger partial charge is 0.409 e. The van der Waals surface area contributed by atoms with Gasteiger partial charge in [0.05, 0.1) is 29.6 Å². The number of amides is 1. The predicted octanol–water partition coefficient (Wildman–Crippen LogP) is 3.46. The van der Waals surface area contributed by atoms with Crippen LogP contribution in [0.3, 0.4) is 0 Å². The number of methoxy groups -OCH3 is 1. The molecule has 0 radical (unpaired) electrons. The number of benzene rings is 1. The van der Waals surface area contributed by atoms with E-state index in [0.29, 0.717) is 61.2 Å². The Morgan fingerprint density at radius 2 is 2.00 bits per heavy atom. The number of aromatic nitrogens is 3. The molecule has 39 heavy (non-hydrogen) atoms. The van der Waals surface area contributed by atoms with Crippen LogP contribution < -0.4 is 15.4 Å². The standard InChI is InChI=1S/C27H35FN6O5/c1-15-24(23-16(2)33-39-17(23)3)31-26(21-12-20(6-7-22(21)28)38-14-19(35)13-29-4)32-25(15)30-18-8-10-34(11-9-18)27(36)37-5/h6-7,12,18-19,29,35H,8-11,13-14H2,1-5H3,(H,30,31,32)/t19-/m0/s1. The highest BCUT2D eigenvalue weighted by molar-refractivity contribution is 5.75. The van der Waals surface area contributed by atoms with Gasteiger partial charge in [0.2, 0.25) is 0 Å². The lowest BCUT2D eigenvalue weighted by atomic mass is 10.0. The molecule has 3 N–H and O–H groups in total. The SMILES string of the molecule is CNC[C@H](O)COc1ccc(F)c(-c2nc(NC3CCN(C(=O)OC)CC3)c(C)c(-c3c(C)noc3C)n2)c1. The van der Waals surface area contributed by atoms with E-state index in [-0.39, 0.29) is 30.1 Å². The Labute approximate surface area is 226 Å². The molecular weight excluding hydrogens is 507 g/mol. The number of anilines is 1. The number of aliphatic hydroxyl groups excluding tert-OH is 1. The number of likely N-dealkylation sites (N-methyl/N-ethyl adjacent to an activating group) is 1. The van der Waals surface area contributed by atoms with Gasteiger partial charge >= 0.3 is 6.09 Å². The molecule has 0 bridgehead atoms. The number of halogens is 1. The van der Waals surface area contributed by atoms with Crippen molar-refractivity contribution < 1.29 is 28.3 Å². The highest BCUT2D eigenvalue weighted by atomic mass is 19.1. The van der Waals surface area contributed by atoms with Crippen LogP contribution in [0.1, 0.15) is 29.9 Å². The number of rotatable bonds is 9. The first-order chi connectivity index (χ1) is 18.7. The molecule has 1 aliphatic heterocycles. The van der Waals surface area contributed by atoms with Crippen LogP contribution in [-0.2, 0) is 4.74 Å². The van der Waals surface area contributed by atoms with Crippen molar-refractivity contribution in [2.45, 2.75) is 45.8 Å². The Morgan fingerprint density at radius 3 is 2.64 bits per heavy atom. The Balaban J connectivity index is 1.70. The molecule has 1 fully saturated rings. The lowest BCUT2D eigenvalue weighted by molar-refractivity contribution is 0.108. The van der Waals surface area contributed by atoms with Crippen molar-refractivity contribution >= 4 is 11.9 Å². The Kier molecular flexibility index (Phi) is 8.97. The largest absolute Gasteiger partial charge is 0.491 e. The fourth-order valence-electron chi connectivity index (χ4n) is 4.62. The number of nitrogens with one attached hydrogen (secondary N) is 2. The van der Waals surface area contributed by atoms with Gasteiger partial charge in [-0.2, -0.15) is 0 Å². The van der Waals surface area contributed by atoms with Crippen molar-refractivity contribution in [2.24, 2.45) is 0 Å². The fourth-order valence-corrected chi connectivity index (χ4v) is 4.62. The molecule has 2 aromatic heterocycles. The van der Waals surface area contributed by atoms with Crippen molar-refractivity contribution in [1.29, 1.82) is 0 Å². The number of piperidine rings is 1. The second kappa shape index (κ2) is 12.4. The minimum absolute atomic E-state index is 0.0399. The maximum Gasteiger partial charge on any atom is 0.409 e. The zero-order valence-electron chi connectivity index (χ0n) is 22.9. The Morgan fingerprint density at radius 1 is 1.26 bits per heavy atom. The summed E-state index contributed by atoms with van der Waals surface area (Å²) in [5, 5.41) is 20.4. The number of hydrogen-bond donors (Lipinski definition) is 3. The summed E-state index contributed by atoms with van der Waals surface area (Å²) in [6.07, 6.45) is 0.333. The molecule has 11 nitrogen and oxygen atoms in total. The van der Waals surface area contributed by atoms with E-state index in [1.54, 1.807) is 18.9 Å². The Bertz CT molecular complexity index is 1290. The third-order valence-electron chi connectivity index (χ3n) is 6.75. The van der Waals surface area contributed by atoms with E-state index in [0.717, 1.165) is 11.1 Å². The van der Waals surface area contributed by atoms with E-state index in [1.807, 2.05) is 13.8 Å². The first kappa shape index (κ1) is 28.2. The highest BCUT2D eigenvalue weighted by Gasteiger charge is 2.26. The minimum Gasteiger partial charge on any atom is -0.491 e. The van der Waals surface area contributed by atoms with Crippen molar-refractivity contribution in [3.63, 3.8) is 0 Å². The third kappa shape index (κ3) is 6.45. The van der Waals surface area contributed by atoms with Crippen LogP contribution in [0.5, 0.6) is 5.75 Å². The van der Waals surface area contributed by atoms with E-state index >= 15 is 4.39 Å². The highest BCUT2D eigenvalue weighted by Crippen LogP contribution is 2.35. The first-order valence-electron chi connectivity index (χ1n) is 12.9. The van der Waals surface area contributed by atoms with Gasteiger partial charge in [-0.15, -0.1) is 0 Å². The molecule has 3 aromatic rings. The molecular formula is C27H35FN6O5. The van der Waals surface area contributed by atoms with E-state index in [1.165, 1.54) is 25.3 Å². The zero-order chi connectivity index (χ0) is 28.1. The fraction of sp³-hybridized carbons (Fsp3) is 0.481. The Hall–Kier alpha value is -3.77. The van der Waals surface area contributed by atoms with Crippen molar-refractivity contribution in [3.8, 4) is 28.4 Å². The third-order valence-corrected chi connectivity index (χ3v) is 6.75. The minimum atomic E-state index is -0.716. The number of nitrogens with zero attached hydrogens (tertiary/aromatic N) is 4. The summed E-state index contributed by atoms with van der Waals surface area (Å²) in [7, 11) is 3.11. The summed E-state index contributed by atoms with van der Waals surface area (Å²) in [5.41, 5.74) is 2.90. The number of carbonyl (C=O) groups is 1. The number of ether oxygens (including phenoxy) is 2. The molecule has 12 heteroatoms. The molecule has 0 unspecified atom stereocenters. The molecule has 1 aliphatic rings. The van der Waals surface area contributed by atoms with Crippen LogP contribution in [-0.4, -0.2) is 83.8 Å². The van der Waals surface area contributed by atoms with Gasteiger partial charge in [-0.1, -0.05) is 5.16 Å². The summed E-state index contributed by atoms with van der Waals surface area (Å²) in [4.78, 5) is 23.0. The molecule has 1 aromatic carbocycles. The van der Waals surface area contributed by atoms with Gasteiger partial charge in [0, 0.05) is 31.2 Å². The topological polar surface area (TPSA) is 135 Å². The number of hydrogen-bond acceptors (Lipinski definition) is 10. The number of aliphatic hydroxyl groups is 1. The summed E-state index contributed by atoms with van der Waals surface area (Å²) < 4.78 is 31.1. The van der Waals surface area contributed by atoms with Gasteiger partial charge in [-0.3, -0.25) is 0 Å². The quantitative estimate of drug-likeness (QED) is 0.369. The van der Waals surface area contributed by atoms with Crippen molar-refractivity contribution in [3.05, 3.63) is 41.0 Å². The van der Waals surface area contributed by atoms with Crippen molar-refractivity contribution in [2.75, 3.05) is 45.7 Å². The lowest BCUT2D eigenvalue weighted by Crippen LogP contribution is -2.42. The van der Waals surface area contributed by atoms with Crippen LogP contribution in [0, 0.1) is 26.6 Å². The van der Waals surface area contributed by atoms with Crippen LogP contribution in [0.25, 0.3) is 22.6 Å². The molecule has 210 valence electrons. The van der Waals surface area contributed by atoms with E-state index in [4.69, 9.17) is 24.0 Å². The van der Waals surface area contributed by atoms with E-state index in [2.05, 4.69) is 15.8 Å². The number of carbonyl (C=O) groups excluding carboxylic acids is 1. The number of aryl methyl sites for hydroxylation is 2. The lowest BCUT2D eigenvalue weighted by Gasteiger charge is -2.32. The molecule has 1 amide bonds. The molecule has 0 aliphatic carbocycles. The average molecular weight is 543 g/mol. The molecule has 3 heterocycles. The monoisotopic (exact) mass is 542 g/mol. The van der Waals surface area contributed by atoms with Gasteiger partial charge in [0.15, 0.2) is 5.82 Å². The van der Waals surface area contributed by atoms with Gasteiger partial charge in [-0.25, -0.2) is 19.2 Å². The molecule has 0 spiro atoms.